The number of hydrogen-bond acceptors (Lipinski definition) is 3. The van der Waals surface area contributed by atoms with Gasteiger partial charge in [-0.3, -0.25) is 9.55 Å². The lowest BCUT2D eigenvalue weighted by atomic mass is 9.86. The predicted molar refractivity (Wildman–Crippen MR) is 160 cm³/mol. The highest BCUT2D eigenvalue weighted by Gasteiger charge is 2.19. The quantitative estimate of drug-likeness (QED) is 0.235. The van der Waals surface area contributed by atoms with Crippen molar-refractivity contribution in [3.8, 4) is 50.7 Å². The molecule has 6 aromatic rings. The normalized spacial score (nSPS) is 11.5. The van der Waals surface area contributed by atoms with E-state index in [1.807, 2.05) is 18.3 Å². The highest BCUT2D eigenvalue weighted by atomic mass is 15.3. The van der Waals surface area contributed by atoms with Crippen molar-refractivity contribution in [3.05, 3.63) is 133 Å². The zero-order valence-electron chi connectivity index (χ0n) is 22.4. The predicted octanol–water partition coefficient (Wildman–Crippen LogP) is 8.63. The average molecular weight is 507 g/mol. The summed E-state index contributed by atoms with van der Waals surface area (Å²) in [5.41, 5.74) is 8.97. The molecule has 0 unspecified atom stereocenters. The maximum atomic E-state index is 4.70. The van der Waals surface area contributed by atoms with Crippen molar-refractivity contribution < 1.29 is 0 Å². The largest absolute Gasteiger partial charge is 0.275 e. The van der Waals surface area contributed by atoms with Crippen LogP contribution < -0.4 is 0 Å². The molecule has 0 amide bonds. The number of rotatable bonds is 5. The van der Waals surface area contributed by atoms with Crippen molar-refractivity contribution in [2.24, 2.45) is 0 Å². The summed E-state index contributed by atoms with van der Waals surface area (Å²) in [5, 5.41) is 9.39. The molecule has 0 N–H and O–H groups in total. The molecule has 4 aromatic carbocycles. The Balaban J connectivity index is 1.45. The van der Waals surface area contributed by atoms with E-state index in [1.54, 1.807) is 6.20 Å². The Hall–Kier alpha value is -4.83. The molecule has 0 radical (unpaired) electrons. The topological polar surface area (TPSA) is 43.6 Å². The van der Waals surface area contributed by atoms with E-state index in [0.717, 1.165) is 39.6 Å². The van der Waals surface area contributed by atoms with Crippen LogP contribution in [0, 0.1) is 0 Å². The van der Waals surface area contributed by atoms with Crippen molar-refractivity contribution in [1.82, 2.24) is 19.7 Å². The molecule has 190 valence electrons. The van der Waals surface area contributed by atoms with Crippen LogP contribution in [0.1, 0.15) is 26.3 Å². The first-order chi connectivity index (χ1) is 19.0. The third-order valence-corrected chi connectivity index (χ3v) is 7.04. The third-order valence-electron chi connectivity index (χ3n) is 7.04. The minimum atomic E-state index is 0.0833. The summed E-state index contributed by atoms with van der Waals surface area (Å²) in [6, 6.07) is 40.2. The van der Waals surface area contributed by atoms with Gasteiger partial charge in [0.15, 0.2) is 11.6 Å². The molecule has 0 aliphatic carbocycles. The summed E-state index contributed by atoms with van der Waals surface area (Å²) in [6.07, 6.45) is 3.68. The molecule has 39 heavy (non-hydrogen) atoms. The smallest absolute Gasteiger partial charge is 0.168 e. The van der Waals surface area contributed by atoms with Gasteiger partial charge >= 0.3 is 0 Å². The van der Waals surface area contributed by atoms with Crippen LogP contribution in [0.3, 0.4) is 0 Å². The van der Waals surface area contributed by atoms with Gasteiger partial charge in [-0.25, -0.2) is 0 Å². The highest BCUT2D eigenvalue weighted by molar-refractivity contribution is 5.72. The van der Waals surface area contributed by atoms with E-state index in [4.69, 9.17) is 10.2 Å². The van der Waals surface area contributed by atoms with Gasteiger partial charge < -0.3 is 0 Å². The maximum Gasteiger partial charge on any atom is 0.168 e. The molecule has 0 bridgehead atoms. The average Bonchev–Trinajstić information content (AvgIpc) is 3.43. The van der Waals surface area contributed by atoms with Crippen LogP contribution in [0.25, 0.3) is 50.7 Å². The van der Waals surface area contributed by atoms with Gasteiger partial charge in [-0.15, -0.1) is 10.2 Å². The van der Waals surface area contributed by atoms with Crippen molar-refractivity contribution in [2.75, 3.05) is 0 Å². The van der Waals surface area contributed by atoms with E-state index in [0.29, 0.717) is 0 Å². The summed E-state index contributed by atoms with van der Waals surface area (Å²) in [6.45, 7) is 6.68. The molecule has 2 heterocycles. The molecule has 0 aliphatic rings. The second-order valence-corrected chi connectivity index (χ2v) is 10.7. The molecule has 4 heteroatoms. The van der Waals surface area contributed by atoms with Crippen LogP contribution in [-0.2, 0) is 5.41 Å². The van der Waals surface area contributed by atoms with Crippen LogP contribution in [-0.4, -0.2) is 19.7 Å². The van der Waals surface area contributed by atoms with E-state index in [-0.39, 0.29) is 5.41 Å². The minimum Gasteiger partial charge on any atom is -0.275 e. The maximum absolute atomic E-state index is 4.70. The Kier molecular flexibility index (Phi) is 6.37. The summed E-state index contributed by atoms with van der Waals surface area (Å²) in [5.74, 6) is 1.62. The summed E-state index contributed by atoms with van der Waals surface area (Å²) >= 11 is 0. The Labute approximate surface area is 229 Å². The first-order valence-electron chi connectivity index (χ1n) is 13.2. The molecular weight excluding hydrogens is 476 g/mol. The van der Waals surface area contributed by atoms with Gasteiger partial charge in [0.05, 0.1) is 0 Å². The van der Waals surface area contributed by atoms with Crippen molar-refractivity contribution in [2.45, 2.75) is 26.2 Å². The fourth-order valence-electron chi connectivity index (χ4n) is 4.80. The van der Waals surface area contributed by atoms with Crippen molar-refractivity contribution in [3.63, 3.8) is 0 Å². The van der Waals surface area contributed by atoms with E-state index in [2.05, 4.69) is 133 Å². The number of pyridine rings is 1. The Bertz CT molecular complexity index is 1680. The molecule has 0 aliphatic heterocycles. The molecule has 0 saturated carbocycles. The van der Waals surface area contributed by atoms with E-state index < -0.39 is 0 Å². The van der Waals surface area contributed by atoms with Crippen molar-refractivity contribution >= 4 is 0 Å². The second kappa shape index (κ2) is 10.1. The Morgan fingerprint density at radius 2 is 0.974 bits per heavy atom. The standard InChI is InChI=1S/C35H30N4/c1-35(2,3)31-19-15-29(16-20-31)34-38-37-33(28-13-11-26(12-14-28)25-8-5-4-6-9-25)39(34)32-21-17-27(18-22-32)30-10-7-23-36-24-30/h4-24H,1-3H3. The fraction of sp³-hybridized carbons (Fsp3) is 0.114. The van der Waals surface area contributed by atoms with Gasteiger partial charge in [0.1, 0.15) is 0 Å². The third kappa shape index (κ3) is 5.01. The minimum absolute atomic E-state index is 0.0833. The highest BCUT2D eigenvalue weighted by Crippen LogP contribution is 2.32. The van der Waals surface area contributed by atoms with Crippen LogP contribution in [0.15, 0.2) is 128 Å². The van der Waals surface area contributed by atoms with Crippen molar-refractivity contribution in [1.29, 1.82) is 0 Å². The fourth-order valence-corrected chi connectivity index (χ4v) is 4.80. The molecule has 0 fully saturated rings. The summed E-state index contributed by atoms with van der Waals surface area (Å²) in [4.78, 5) is 4.27. The summed E-state index contributed by atoms with van der Waals surface area (Å²) in [7, 11) is 0. The van der Waals surface area contributed by atoms with E-state index in [1.165, 1.54) is 16.7 Å². The number of aromatic nitrogens is 4. The molecule has 4 nitrogen and oxygen atoms in total. The Morgan fingerprint density at radius 3 is 1.54 bits per heavy atom. The van der Waals surface area contributed by atoms with Gasteiger partial charge in [0, 0.05) is 29.2 Å². The Morgan fingerprint density at radius 1 is 0.487 bits per heavy atom. The van der Waals surface area contributed by atoms with Gasteiger partial charge in [-0.1, -0.05) is 118 Å². The molecule has 0 saturated heterocycles. The SMILES string of the molecule is CC(C)(C)c1ccc(-c2nnc(-c3ccc(-c4ccccc4)cc3)n2-c2ccc(-c3cccnc3)cc2)cc1. The zero-order chi connectivity index (χ0) is 26.8. The number of benzene rings is 4. The van der Waals surface area contributed by atoms with Crippen LogP contribution in [0.2, 0.25) is 0 Å². The lowest BCUT2D eigenvalue weighted by Gasteiger charge is -2.19. The van der Waals surface area contributed by atoms with Crippen LogP contribution in [0.5, 0.6) is 0 Å². The first kappa shape index (κ1) is 24.5. The summed E-state index contributed by atoms with van der Waals surface area (Å²) < 4.78 is 2.15. The number of hydrogen-bond donors (Lipinski definition) is 0. The van der Waals surface area contributed by atoms with Crippen LogP contribution >= 0.6 is 0 Å². The second-order valence-electron chi connectivity index (χ2n) is 10.7. The van der Waals surface area contributed by atoms with E-state index in [9.17, 15) is 0 Å². The molecular formula is C35H30N4. The molecule has 0 spiro atoms. The lowest BCUT2D eigenvalue weighted by Crippen LogP contribution is -2.10. The first-order valence-corrected chi connectivity index (χ1v) is 13.2. The van der Waals surface area contributed by atoms with Gasteiger partial charge in [-0.05, 0) is 51.4 Å². The molecule has 2 aromatic heterocycles. The molecule has 0 atom stereocenters. The molecule has 6 rings (SSSR count). The van der Waals surface area contributed by atoms with Gasteiger partial charge in [0.2, 0.25) is 0 Å². The van der Waals surface area contributed by atoms with Crippen LogP contribution in [0.4, 0.5) is 0 Å². The zero-order valence-corrected chi connectivity index (χ0v) is 22.4. The monoisotopic (exact) mass is 506 g/mol. The number of nitrogens with zero attached hydrogens (tertiary/aromatic N) is 4. The lowest BCUT2D eigenvalue weighted by molar-refractivity contribution is 0.590. The van der Waals surface area contributed by atoms with Gasteiger partial charge in [-0.2, -0.15) is 0 Å². The van der Waals surface area contributed by atoms with E-state index >= 15 is 0 Å². The van der Waals surface area contributed by atoms with Gasteiger partial charge in [0.25, 0.3) is 0 Å².